The maximum atomic E-state index is 11.6. The Labute approximate surface area is 141 Å². The Morgan fingerprint density at radius 1 is 1.35 bits per heavy atom. The number of amides is 1. The lowest BCUT2D eigenvalue weighted by Gasteiger charge is -2.31. The van der Waals surface area contributed by atoms with Crippen LogP contribution in [-0.4, -0.2) is 49.5 Å². The predicted molar refractivity (Wildman–Crippen MR) is 95.5 cm³/mol. The summed E-state index contributed by atoms with van der Waals surface area (Å²) >= 11 is 0. The van der Waals surface area contributed by atoms with E-state index < -0.39 is 0 Å². The molecule has 3 atom stereocenters. The summed E-state index contributed by atoms with van der Waals surface area (Å²) in [5.74, 6) is 2.89. The minimum Gasteiger partial charge on any atom is -0.357 e. The van der Waals surface area contributed by atoms with Gasteiger partial charge in [0.2, 0.25) is 5.91 Å². The molecular formula is C18H34N4O. The lowest BCUT2D eigenvalue weighted by molar-refractivity contribution is -0.132. The Morgan fingerprint density at radius 3 is 2.87 bits per heavy atom. The molecule has 0 bridgehead atoms. The molecular weight excluding hydrogens is 288 g/mol. The van der Waals surface area contributed by atoms with Gasteiger partial charge >= 0.3 is 0 Å². The van der Waals surface area contributed by atoms with E-state index in [1.807, 2.05) is 11.9 Å². The van der Waals surface area contributed by atoms with Gasteiger partial charge in [0.05, 0.1) is 0 Å². The van der Waals surface area contributed by atoms with E-state index in [4.69, 9.17) is 4.99 Å². The Bertz CT molecular complexity index is 410. The van der Waals surface area contributed by atoms with Crippen LogP contribution < -0.4 is 10.6 Å². The Balaban J connectivity index is 1.78. The first-order valence-electron chi connectivity index (χ1n) is 9.37. The zero-order valence-electron chi connectivity index (χ0n) is 15.1. The number of carbonyl (C=O) groups excluding carboxylic acids is 1. The van der Waals surface area contributed by atoms with Gasteiger partial charge in [-0.2, -0.15) is 0 Å². The molecule has 1 amide bonds. The van der Waals surface area contributed by atoms with Crippen molar-refractivity contribution in [2.75, 3.05) is 26.7 Å². The van der Waals surface area contributed by atoms with E-state index in [9.17, 15) is 4.79 Å². The third-order valence-corrected chi connectivity index (χ3v) is 5.16. The van der Waals surface area contributed by atoms with E-state index in [2.05, 4.69) is 24.5 Å². The normalized spacial score (nSPS) is 29.5. The van der Waals surface area contributed by atoms with Crippen LogP contribution in [0.1, 0.15) is 58.8 Å². The lowest BCUT2D eigenvalue weighted by atomic mass is 9.81. The molecule has 2 aliphatic rings. The highest BCUT2D eigenvalue weighted by atomic mass is 16.2. The quantitative estimate of drug-likeness (QED) is 0.603. The van der Waals surface area contributed by atoms with Crippen LogP contribution in [-0.2, 0) is 4.79 Å². The number of hydrogen-bond acceptors (Lipinski definition) is 2. The van der Waals surface area contributed by atoms with Crippen LogP contribution in [0, 0.1) is 11.8 Å². The predicted octanol–water partition coefficient (Wildman–Crippen LogP) is 2.38. The van der Waals surface area contributed by atoms with E-state index in [0.29, 0.717) is 12.5 Å². The summed E-state index contributed by atoms with van der Waals surface area (Å²) in [6.07, 6.45) is 8.26. The molecule has 1 aliphatic heterocycles. The minimum absolute atomic E-state index is 0.247. The number of guanidine groups is 1. The van der Waals surface area contributed by atoms with Gasteiger partial charge in [0.15, 0.2) is 5.96 Å². The molecule has 3 unspecified atom stereocenters. The van der Waals surface area contributed by atoms with Crippen LogP contribution in [0.25, 0.3) is 0 Å². The molecule has 1 saturated carbocycles. The number of likely N-dealkylation sites (N-methyl/N-ethyl adjacent to an activating group) is 1. The van der Waals surface area contributed by atoms with Gasteiger partial charge in [-0.1, -0.05) is 26.2 Å². The Morgan fingerprint density at radius 2 is 2.17 bits per heavy atom. The average molecular weight is 322 g/mol. The summed E-state index contributed by atoms with van der Waals surface area (Å²) in [5, 5.41) is 6.84. The Kier molecular flexibility index (Phi) is 7.18. The standard InChI is InChI=1S/C18H34N4O/c1-4-19-18(21-16-8-9-17(23)22(3)13-16)20-11-10-15-7-5-6-14(2)12-15/h14-16H,4-13H2,1-3H3,(H2,19,20,21). The van der Waals surface area contributed by atoms with Crippen LogP contribution in [0.15, 0.2) is 4.99 Å². The van der Waals surface area contributed by atoms with Gasteiger partial charge in [-0.3, -0.25) is 9.79 Å². The highest BCUT2D eigenvalue weighted by Gasteiger charge is 2.23. The molecule has 1 aliphatic carbocycles. The van der Waals surface area contributed by atoms with Crippen LogP contribution in [0.4, 0.5) is 0 Å². The maximum Gasteiger partial charge on any atom is 0.222 e. The number of likely N-dealkylation sites (tertiary alicyclic amines) is 1. The number of piperidine rings is 1. The molecule has 132 valence electrons. The summed E-state index contributed by atoms with van der Waals surface area (Å²) in [6, 6.07) is 0.310. The smallest absolute Gasteiger partial charge is 0.222 e. The first kappa shape index (κ1) is 18.1. The van der Waals surface area contributed by atoms with Crippen molar-refractivity contribution in [1.29, 1.82) is 0 Å². The zero-order chi connectivity index (χ0) is 16.7. The van der Waals surface area contributed by atoms with E-state index in [1.54, 1.807) is 0 Å². The molecule has 2 rings (SSSR count). The molecule has 5 heteroatoms. The van der Waals surface area contributed by atoms with Crippen molar-refractivity contribution < 1.29 is 4.79 Å². The summed E-state index contributed by atoms with van der Waals surface area (Å²) < 4.78 is 0. The van der Waals surface area contributed by atoms with Crippen molar-refractivity contribution in [3.05, 3.63) is 0 Å². The van der Waals surface area contributed by atoms with Gasteiger partial charge in [0, 0.05) is 39.1 Å². The van der Waals surface area contributed by atoms with Crippen molar-refractivity contribution in [2.45, 2.75) is 64.8 Å². The molecule has 2 N–H and O–H groups in total. The molecule has 0 aromatic carbocycles. The molecule has 23 heavy (non-hydrogen) atoms. The van der Waals surface area contributed by atoms with Gasteiger partial charge in [0.1, 0.15) is 0 Å². The first-order valence-corrected chi connectivity index (χ1v) is 9.37. The van der Waals surface area contributed by atoms with E-state index in [-0.39, 0.29) is 5.91 Å². The SMILES string of the molecule is CCNC(=NCCC1CCCC(C)C1)NC1CCC(=O)N(C)C1. The fraction of sp³-hybridized carbons (Fsp3) is 0.889. The van der Waals surface area contributed by atoms with E-state index in [1.165, 1.54) is 32.1 Å². The van der Waals surface area contributed by atoms with E-state index in [0.717, 1.165) is 43.9 Å². The number of nitrogens with one attached hydrogen (secondary N) is 2. The summed E-state index contributed by atoms with van der Waals surface area (Å²) in [6.45, 7) is 7.00. The molecule has 0 aromatic rings. The highest BCUT2D eigenvalue weighted by Crippen LogP contribution is 2.30. The van der Waals surface area contributed by atoms with E-state index >= 15 is 0 Å². The van der Waals surface area contributed by atoms with Crippen molar-refractivity contribution in [2.24, 2.45) is 16.8 Å². The lowest BCUT2D eigenvalue weighted by Crippen LogP contribution is -2.51. The van der Waals surface area contributed by atoms with Crippen LogP contribution in [0.2, 0.25) is 0 Å². The van der Waals surface area contributed by atoms with Gasteiger partial charge in [-0.15, -0.1) is 0 Å². The fourth-order valence-corrected chi connectivity index (χ4v) is 3.82. The third kappa shape index (κ3) is 6.04. The molecule has 0 aromatic heterocycles. The summed E-state index contributed by atoms with van der Waals surface area (Å²) in [7, 11) is 1.88. The number of aliphatic imine (C=N–C) groups is 1. The molecule has 2 fully saturated rings. The maximum absolute atomic E-state index is 11.6. The number of hydrogen-bond donors (Lipinski definition) is 2. The molecule has 0 radical (unpaired) electrons. The van der Waals surface area contributed by atoms with Crippen molar-refractivity contribution >= 4 is 11.9 Å². The third-order valence-electron chi connectivity index (χ3n) is 5.16. The van der Waals surface area contributed by atoms with Crippen molar-refractivity contribution in [1.82, 2.24) is 15.5 Å². The van der Waals surface area contributed by atoms with Gasteiger partial charge < -0.3 is 15.5 Å². The highest BCUT2D eigenvalue weighted by molar-refractivity contribution is 5.81. The van der Waals surface area contributed by atoms with Gasteiger partial charge in [-0.25, -0.2) is 0 Å². The van der Waals surface area contributed by atoms with Crippen LogP contribution in [0.3, 0.4) is 0 Å². The molecule has 5 nitrogen and oxygen atoms in total. The Hall–Kier alpha value is -1.26. The largest absolute Gasteiger partial charge is 0.357 e. The molecule has 1 heterocycles. The second-order valence-electron chi connectivity index (χ2n) is 7.34. The summed E-state index contributed by atoms with van der Waals surface area (Å²) in [5.41, 5.74) is 0. The minimum atomic E-state index is 0.247. The number of carbonyl (C=O) groups is 1. The van der Waals surface area contributed by atoms with Crippen molar-refractivity contribution in [3.8, 4) is 0 Å². The first-order chi connectivity index (χ1) is 11.1. The van der Waals surface area contributed by atoms with Crippen LogP contribution in [0.5, 0.6) is 0 Å². The average Bonchev–Trinajstić information content (AvgIpc) is 2.51. The van der Waals surface area contributed by atoms with Crippen LogP contribution >= 0.6 is 0 Å². The number of nitrogens with zero attached hydrogens (tertiary/aromatic N) is 2. The topological polar surface area (TPSA) is 56.7 Å². The van der Waals surface area contributed by atoms with Crippen molar-refractivity contribution in [3.63, 3.8) is 0 Å². The summed E-state index contributed by atoms with van der Waals surface area (Å²) in [4.78, 5) is 18.2. The molecule has 0 spiro atoms. The number of rotatable bonds is 5. The van der Waals surface area contributed by atoms with Gasteiger partial charge in [-0.05, 0) is 38.0 Å². The second kappa shape index (κ2) is 9.14. The monoisotopic (exact) mass is 322 g/mol. The second-order valence-corrected chi connectivity index (χ2v) is 7.34. The molecule has 1 saturated heterocycles. The van der Waals surface area contributed by atoms with Gasteiger partial charge in [0.25, 0.3) is 0 Å². The zero-order valence-corrected chi connectivity index (χ0v) is 15.1. The fourth-order valence-electron chi connectivity index (χ4n) is 3.82.